The molecule has 3 aromatic rings. The molecule has 3 rings (SSSR count). The quantitative estimate of drug-likeness (QED) is 0.357. The Bertz CT molecular complexity index is 1290. The van der Waals surface area contributed by atoms with Gasteiger partial charge < -0.3 is 10.6 Å². The fourth-order valence-electron chi connectivity index (χ4n) is 2.67. The van der Waals surface area contributed by atoms with Crippen LogP contribution in [0.2, 0.25) is 5.02 Å². The van der Waals surface area contributed by atoms with E-state index in [9.17, 15) is 39.6 Å². The number of nitrogens with one attached hydrogen (secondary N) is 2. The Morgan fingerprint density at radius 1 is 1.00 bits per heavy atom. The summed E-state index contributed by atoms with van der Waals surface area (Å²) in [6, 6.07) is 7.49. The van der Waals surface area contributed by atoms with Gasteiger partial charge in [0, 0.05) is 16.8 Å². The second-order valence-electron chi connectivity index (χ2n) is 6.75. The monoisotopic (exact) mass is 531 g/mol. The molecule has 0 bridgehead atoms. The molecule has 0 spiro atoms. The Kier molecular flexibility index (Phi) is 6.32. The van der Waals surface area contributed by atoms with E-state index in [2.05, 4.69) is 4.98 Å². The summed E-state index contributed by atoms with van der Waals surface area (Å²) in [5, 5.41) is 1.55. The molecule has 0 aliphatic rings. The maximum absolute atomic E-state index is 13.9. The molecule has 0 fully saturated rings. The predicted molar refractivity (Wildman–Crippen MR) is 110 cm³/mol. The summed E-state index contributed by atoms with van der Waals surface area (Å²) in [4.78, 5) is 15.8. The molecule has 2 N–H and O–H groups in total. The molecule has 178 valence electrons. The second kappa shape index (κ2) is 8.33. The van der Waals surface area contributed by atoms with Crippen molar-refractivity contribution in [2.45, 2.75) is 22.9 Å². The van der Waals surface area contributed by atoms with Crippen LogP contribution in [-0.2, 0) is 9.84 Å². The van der Waals surface area contributed by atoms with E-state index in [0.717, 1.165) is 54.0 Å². The van der Waals surface area contributed by atoms with Crippen molar-refractivity contribution in [3.63, 3.8) is 0 Å². The number of halogens is 7. The molecule has 1 amide bonds. The van der Waals surface area contributed by atoms with Crippen molar-refractivity contribution in [2.75, 3.05) is 11.6 Å². The molecular formula is C18H12ClF6N3O3S2. The Morgan fingerprint density at radius 2 is 1.58 bits per heavy atom. The van der Waals surface area contributed by atoms with Crippen LogP contribution in [0.1, 0.15) is 10.4 Å². The van der Waals surface area contributed by atoms with Gasteiger partial charge >= 0.3 is 18.0 Å². The van der Waals surface area contributed by atoms with Gasteiger partial charge in [0.2, 0.25) is 0 Å². The van der Waals surface area contributed by atoms with Gasteiger partial charge in [0.15, 0.2) is 15.0 Å². The van der Waals surface area contributed by atoms with Crippen molar-refractivity contribution in [3.05, 3.63) is 53.1 Å². The number of fused-ring (bicyclic) bond motifs is 1. The number of benzene rings is 2. The molecule has 0 aliphatic heterocycles. The van der Waals surface area contributed by atoms with Crippen LogP contribution in [0, 0.1) is 0 Å². The van der Waals surface area contributed by atoms with Crippen molar-refractivity contribution in [1.29, 1.82) is 0 Å². The van der Waals surface area contributed by atoms with Crippen molar-refractivity contribution in [2.24, 2.45) is 0 Å². The van der Waals surface area contributed by atoms with E-state index in [1.807, 2.05) is 0 Å². The van der Waals surface area contributed by atoms with Gasteiger partial charge in [-0.3, -0.25) is 4.79 Å². The highest BCUT2D eigenvalue weighted by molar-refractivity contribution is 7.90. The summed E-state index contributed by atoms with van der Waals surface area (Å²) in [5.41, 5.74) is -5.44. The number of nitrogens with zero attached hydrogens (tertiary/aromatic N) is 1. The van der Waals surface area contributed by atoms with E-state index >= 15 is 0 Å². The lowest BCUT2D eigenvalue weighted by Crippen LogP contribution is -2.72. The molecule has 0 radical (unpaired) electrons. The Balaban J connectivity index is 2.08. The number of aromatic nitrogens is 1. The minimum absolute atomic E-state index is 0.0164. The SMILES string of the molecule is CS(=O)(=O)c1ccc2nc(NC(NC(=O)c3ccc(Cl)cc3)(C(F)(F)F)C(F)(F)F)sc2c1. The predicted octanol–water partition coefficient (Wildman–Crippen LogP) is 5.02. The van der Waals surface area contributed by atoms with E-state index < -0.39 is 44.5 Å². The number of carbonyl (C=O) groups is 1. The zero-order chi connectivity index (χ0) is 24.8. The van der Waals surface area contributed by atoms with E-state index in [1.54, 1.807) is 0 Å². The second-order valence-corrected chi connectivity index (χ2v) is 10.2. The van der Waals surface area contributed by atoms with Crippen molar-refractivity contribution in [1.82, 2.24) is 10.3 Å². The van der Waals surface area contributed by atoms with Crippen LogP contribution in [0.4, 0.5) is 31.5 Å². The molecular weight excluding hydrogens is 520 g/mol. The van der Waals surface area contributed by atoms with Crippen molar-refractivity contribution in [3.8, 4) is 0 Å². The van der Waals surface area contributed by atoms with Crippen LogP contribution < -0.4 is 10.6 Å². The third-order valence-corrected chi connectivity index (χ3v) is 6.64. The first-order valence-corrected chi connectivity index (χ1v) is 11.7. The topological polar surface area (TPSA) is 88.2 Å². The lowest BCUT2D eigenvalue weighted by molar-refractivity contribution is -0.294. The number of anilines is 1. The number of alkyl halides is 6. The first kappa shape index (κ1) is 25.1. The minimum Gasteiger partial charge on any atom is -0.324 e. The highest BCUT2D eigenvalue weighted by atomic mass is 35.5. The lowest BCUT2D eigenvalue weighted by atomic mass is 10.1. The van der Waals surface area contributed by atoms with Gasteiger partial charge in [-0.05, 0) is 42.5 Å². The Labute approximate surface area is 191 Å². The summed E-state index contributed by atoms with van der Waals surface area (Å²) >= 11 is 5.99. The number of amides is 1. The highest BCUT2D eigenvalue weighted by Gasteiger charge is 2.73. The first-order valence-electron chi connectivity index (χ1n) is 8.64. The fourth-order valence-corrected chi connectivity index (χ4v) is 4.48. The van der Waals surface area contributed by atoms with Crippen molar-refractivity contribution < 1.29 is 39.6 Å². The molecule has 0 saturated heterocycles. The highest BCUT2D eigenvalue weighted by Crippen LogP contribution is 2.44. The maximum atomic E-state index is 13.9. The maximum Gasteiger partial charge on any atom is 0.439 e. The third-order valence-electron chi connectivity index (χ3n) is 4.34. The van der Waals surface area contributed by atoms with Gasteiger partial charge in [-0.25, -0.2) is 13.4 Å². The fraction of sp³-hybridized carbons (Fsp3) is 0.222. The number of hydrogen-bond acceptors (Lipinski definition) is 6. The Hall–Kier alpha value is -2.58. The molecule has 6 nitrogen and oxygen atoms in total. The van der Waals surface area contributed by atoms with Gasteiger partial charge in [0.25, 0.3) is 5.91 Å². The smallest absolute Gasteiger partial charge is 0.324 e. The van der Waals surface area contributed by atoms with Gasteiger partial charge in [0.05, 0.1) is 15.1 Å². The average molecular weight is 532 g/mol. The largest absolute Gasteiger partial charge is 0.439 e. The van der Waals surface area contributed by atoms with E-state index in [-0.39, 0.29) is 20.1 Å². The zero-order valence-electron chi connectivity index (χ0n) is 16.2. The summed E-state index contributed by atoms with van der Waals surface area (Å²) in [5.74, 6) is -1.67. The van der Waals surface area contributed by atoms with Gasteiger partial charge in [0.1, 0.15) is 0 Å². The molecule has 33 heavy (non-hydrogen) atoms. The third kappa shape index (κ3) is 5.01. The normalized spacial score (nSPS) is 13.2. The Morgan fingerprint density at radius 3 is 2.09 bits per heavy atom. The van der Waals surface area contributed by atoms with Crippen LogP contribution in [0.25, 0.3) is 10.2 Å². The van der Waals surface area contributed by atoms with Crippen LogP contribution in [-0.4, -0.2) is 43.6 Å². The molecule has 1 heterocycles. The summed E-state index contributed by atoms with van der Waals surface area (Å²) in [6.07, 6.45) is -11.2. The number of carbonyl (C=O) groups excluding carboxylic acids is 1. The molecule has 0 aliphatic carbocycles. The number of thiazole rings is 1. The summed E-state index contributed by atoms with van der Waals surface area (Å²) in [7, 11) is -3.68. The van der Waals surface area contributed by atoms with Crippen molar-refractivity contribution >= 4 is 54.0 Å². The average Bonchev–Trinajstić information content (AvgIpc) is 3.06. The van der Waals surface area contributed by atoms with Crippen LogP contribution >= 0.6 is 22.9 Å². The number of hydrogen-bond donors (Lipinski definition) is 2. The van der Waals surface area contributed by atoms with Crippen LogP contribution in [0.15, 0.2) is 47.4 Å². The molecule has 1 aromatic heterocycles. The molecule has 0 saturated carbocycles. The van der Waals surface area contributed by atoms with Gasteiger partial charge in [-0.2, -0.15) is 26.3 Å². The lowest BCUT2D eigenvalue weighted by Gasteiger charge is -2.38. The molecule has 0 unspecified atom stereocenters. The van der Waals surface area contributed by atoms with E-state index in [0.29, 0.717) is 11.3 Å². The summed E-state index contributed by atoms with van der Waals surface area (Å²) < 4.78 is 106. The molecule has 0 atom stereocenters. The van der Waals surface area contributed by atoms with Crippen LogP contribution in [0.3, 0.4) is 0 Å². The molecule has 15 heteroatoms. The van der Waals surface area contributed by atoms with E-state index in [4.69, 9.17) is 11.6 Å². The van der Waals surface area contributed by atoms with Gasteiger partial charge in [-0.1, -0.05) is 22.9 Å². The van der Waals surface area contributed by atoms with Gasteiger partial charge in [-0.15, -0.1) is 0 Å². The zero-order valence-corrected chi connectivity index (χ0v) is 18.6. The summed E-state index contributed by atoms with van der Waals surface area (Å²) in [6.45, 7) is 0. The number of sulfone groups is 1. The van der Waals surface area contributed by atoms with Crippen LogP contribution in [0.5, 0.6) is 0 Å². The molecule has 2 aromatic carbocycles. The minimum atomic E-state index is -6.05. The number of rotatable bonds is 5. The first-order chi connectivity index (χ1) is 15.0. The standard InChI is InChI=1S/C18H12ClF6N3O3S2/c1-33(30,31)11-6-7-12-13(8-11)32-15(26-12)28-16(17(20,21)22,18(23,24)25)27-14(29)9-2-4-10(19)5-3-9/h2-8H,1H3,(H,26,28)(H,27,29). The van der Waals surface area contributed by atoms with E-state index in [1.165, 1.54) is 5.32 Å².